The van der Waals surface area contributed by atoms with Crippen LogP contribution in [-0.4, -0.2) is 26.0 Å². The quantitative estimate of drug-likeness (QED) is 0.929. The van der Waals surface area contributed by atoms with Gasteiger partial charge in [-0.25, -0.2) is 4.79 Å². The van der Waals surface area contributed by atoms with E-state index in [1.165, 1.54) is 0 Å². The van der Waals surface area contributed by atoms with Crippen molar-refractivity contribution in [3.05, 3.63) is 48.0 Å². The van der Waals surface area contributed by atoms with E-state index in [0.717, 1.165) is 11.3 Å². The number of rotatable bonds is 3. The van der Waals surface area contributed by atoms with Crippen molar-refractivity contribution in [1.29, 1.82) is 0 Å². The number of para-hydroxylation sites is 1. The Bertz CT molecular complexity index is 838. The van der Waals surface area contributed by atoms with Gasteiger partial charge in [0.25, 0.3) is 0 Å². The number of fused-ring (bicyclic) bond motifs is 4. The number of carbonyl (C=O) groups is 1. The lowest BCUT2D eigenvalue weighted by Crippen LogP contribution is -2.65. The number of nitrogens with zero attached hydrogens (tertiary/aromatic N) is 1. The van der Waals surface area contributed by atoms with Crippen molar-refractivity contribution in [3.63, 3.8) is 0 Å². The van der Waals surface area contributed by atoms with Crippen molar-refractivity contribution in [2.45, 2.75) is 25.1 Å². The molecule has 25 heavy (non-hydrogen) atoms. The van der Waals surface area contributed by atoms with Crippen LogP contribution in [0.15, 0.2) is 42.5 Å². The number of hydrogen-bond donors (Lipinski definition) is 1. The molecule has 2 heterocycles. The maximum Gasteiger partial charge on any atom is 0.325 e. The maximum atomic E-state index is 12.8. The van der Waals surface area contributed by atoms with Crippen LogP contribution in [0.5, 0.6) is 17.2 Å². The second kappa shape index (κ2) is 5.58. The third kappa shape index (κ3) is 2.36. The summed E-state index contributed by atoms with van der Waals surface area (Å²) < 4.78 is 17.1. The molecule has 0 saturated carbocycles. The molecule has 130 valence electrons. The van der Waals surface area contributed by atoms with Gasteiger partial charge in [-0.05, 0) is 25.1 Å². The van der Waals surface area contributed by atoms with Gasteiger partial charge in [-0.3, -0.25) is 4.90 Å². The van der Waals surface area contributed by atoms with Gasteiger partial charge in [-0.15, -0.1) is 0 Å². The van der Waals surface area contributed by atoms with E-state index in [4.69, 9.17) is 14.2 Å². The van der Waals surface area contributed by atoms with Crippen LogP contribution < -0.4 is 24.4 Å². The molecule has 6 heteroatoms. The smallest absolute Gasteiger partial charge is 0.325 e. The van der Waals surface area contributed by atoms with Crippen LogP contribution in [0.4, 0.5) is 10.5 Å². The van der Waals surface area contributed by atoms with E-state index >= 15 is 0 Å². The Morgan fingerprint density at radius 3 is 2.76 bits per heavy atom. The van der Waals surface area contributed by atoms with Crippen molar-refractivity contribution in [2.75, 3.05) is 19.1 Å². The lowest BCUT2D eigenvalue weighted by Gasteiger charge is -2.50. The highest BCUT2D eigenvalue weighted by Gasteiger charge is 2.50. The van der Waals surface area contributed by atoms with Crippen molar-refractivity contribution >= 4 is 11.7 Å². The molecule has 0 unspecified atom stereocenters. The Labute approximate surface area is 146 Å². The van der Waals surface area contributed by atoms with Crippen molar-refractivity contribution in [2.24, 2.45) is 0 Å². The number of nitrogens with one attached hydrogen (secondary N) is 1. The van der Waals surface area contributed by atoms with Gasteiger partial charge in [-0.2, -0.15) is 0 Å². The SMILES string of the molecule is COc1cccc(N2C(=O)N[C@H]3C[C@]2(C)Oc2c(OC)cccc23)c1. The van der Waals surface area contributed by atoms with E-state index < -0.39 is 5.72 Å². The van der Waals surface area contributed by atoms with Gasteiger partial charge in [0.05, 0.1) is 25.9 Å². The van der Waals surface area contributed by atoms with Gasteiger partial charge in [-0.1, -0.05) is 18.2 Å². The first-order valence-electron chi connectivity index (χ1n) is 8.16. The van der Waals surface area contributed by atoms with Gasteiger partial charge in [0, 0.05) is 18.1 Å². The van der Waals surface area contributed by atoms with Crippen molar-refractivity contribution in [3.8, 4) is 17.2 Å². The molecule has 2 aliphatic rings. The van der Waals surface area contributed by atoms with E-state index in [1.54, 1.807) is 19.1 Å². The van der Waals surface area contributed by atoms with Crippen LogP contribution in [0, 0.1) is 0 Å². The molecule has 0 radical (unpaired) electrons. The average Bonchev–Trinajstić information content (AvgIpc) is 2.60. The van der Waals surface area contributed by atoms with E-state index in [2.05, 4.69) is 5.32 Å². The molecule has 0 spiro atoms. The van der Waals surface area contributed by atoms with Gasteiger partial charge in [0.15, 0.2) is 17.2 Å². The molecule has 6 nitrogen and oxygen atoms in total. The van der Waals surface area contributed by atoms with Crippen LogP contribution in [0.2, 0.25) is 0 Å². The summed E-state index contributed by atoms with van der Waals surface area (Å²) in [6.07, 6.45) is 0.635. The first-order chi connectivity index (χ1) is 12.1. The first kappa shape index (κ1) is 15.6. The van der Waals surface area contributed by atoms with Crippen LogP contribution in [0.3, 0.4) is 0 Å². The van der Waals surface area contributed by atoms with Gasteiger partial charge >= 0.3 is 6.03 Å². The minimum Gasteiger partial charge on any atom is -0.497 e. The summed E-state index contributed by atoms with van der Waals surface area (Å²) in [5.41, 5.74) is 0.840. The molecule has 2 aromatic rings. The molecular formula is C19H20N2O4. The number of urea groups is 1. The van der Waals surface area contributed by atoms with Crippen LogP contribution >= 0.6 is 0 Å². The monoisotopic (exact) mass is 340 g/mol. The highest BCUT2D eigenvalue weighted by atomic mass is 16.5. The normalized spacial score (nSPS) is 24.0. The number of methoxy groups -OCH3 is 2. The molecule has 4 rings (SSSR count). The predicted molar refractivity (Wildman–Crippen MR) is 93.4 cm³/mol. The second-order valence-corrected chi connectivity index (χ2v) is 6.40. The summed E-state index contributed by atoms with van der Waals surface area (Å²) in [7, 11) is 3.22. The molecule has 0 aliphatic carbocycles. The van der Waals surface area contributed by atoms with E-state index in [-0.39, 0.29) is 12.1 Å². The molecule has 2 atom stereocenters. The lowest BCUT2D eigenvalue weighted by molar-refractivity contribution is 0.0349. The summed E-state index contributed by atoms with van der Waals surface area (Å²) in [4.78, 5) is 14.5. The van der Waals surface area contributed by atoms with E-state index in [0.29, 0.717) is 23.7 Å². The lowest BCUT2D eigenvalue weighted by atomic mass is 9.90. The van der Waals surface area contributed by atoms with Crippen LogP contribution in [0.25, 0.3) is 0 Å². The molecule has 0 aromatic heterocycles. The number of amides is 2. The predicted octanol–water partition coefficient (Wildman–Crippen LogP) is 3.47. The van der Waals surface area contributed by atoms with Crippen molar-refractivity contribution in [1.82, 2.24) is 5.32 Å². The molecule has 2 amide bonds. The zero-order valence-electron chi connectivity index (χ0n) is 14.4. The van der Waals surface area contributed by atoms with Crippen molar-refractivity contribution < 1.29 is 19.0 Å². The van der Waals surface area contributed by atoms with Gasteiger partial charge in [0.1, 0.15) is 5.75 Å². The Hall–Kier alpha value is -2.89. The highest BCUT2D eigenvalue weighted by Crippen LogP contribution is 2.49. The Morgan fingerprint density at radius 1 is 1.20 bits per heavy atom. The minimum atomic E-state index is -0.818. The summed E-state index contributed by atoms with van der Waals surface area (Å²) >= 11 is 0. The van der Waals surface area contributed by atoms with Gasteiger partial charge < -0.3 is 19.5 Å². The Balaban J connectivity index is 1.81. The highest BCUT2D eigenvalue weighted by molar-refractivity contribution is 5.95. The first-order valence-corrected chi connectivity index (χ1v) is 8.16. The number of hydrogen-bond acceptors (Lipinski definition) is 4. The van der Waals surface area contributed by atoms with E-state index in [1.807, 2.05) is 49.4 Å². The third-order valence-corrected chi connectivity index (χ3v) is 4.79. The Morgan fingerprint density at radius 2 is 2.00 bits per heavy atom. The number of anilines is 1. The minimum absolute atomic E-state index is 0.113. The van der Waals surface area contributed by atoms with Crippen LogP contribution in [0.1, 0.15) is 24.9 Å². The molecular weight excluding hydrogens is 320 g/mol. The number of carbonyl (C=O) groups excluding carboxylic acids is 1. The fourth-order valence-corrected chi connectivity index (χ4v) is 3.66. The van der Waals surface area contributed by atoms with Crippen LogP contribution in [-0.2, 0) is 0 Å². The summed E-state index contributed by atoms with van der Waals surface area (Å²) in [6.45, 7) is 1.92. The zero-order chi connectivity index (χ0) is 17.6. The fraction of sp³-hybridized carbons (Fsp3) is 0.316. The number of benzene rings is 2. The summed E-state index contributed by atoms with van der Waals surface area (Å²) in [5.74, 6) is 2.02. The maximum absolute atomic E-state index is 12.8. The number of ether oxygens (including phenoxy) is 3. The molecule has 2 bridgehead atoms. The fourth-order valence-electron chi connectivity index (χ4n) is 3.66. The third-order valence-electron chi connectivity index (χ3n) is 4.79. The molecule has 1 N–H and O–H groups in total. The standard InChI is InChI=1S/C19H20N2O4/c1-19-11-15(14-8-5-9-16(24-3)17(14)25-19)20-18(22)21(19)12-6-4-7-13(10-12)23-2/h4-10,15H,11H2,1-3H3,(H,20,22)/t15-,19-/m0/s1. The molecule has 1 fully saturated rings. The zero-order valence-corrected chi connectivity index (χ0v) is 14.4. The molecule has 1 saturated heterocycles. The van der Waals surface area contributed by atoms with E-state index in [9.17, 15) is 4.79 Å². The molecule has 2 aromatic carbocycles. The average molecular weight is 340 g/mol. The largest absolute Gasteiger partial charge is 0.497 e. The second-order valence-electron chi connectivity index (χ2n) is 6.40. The molecule has 2 aliphatic heterocycles. The Kier molecular flexibility index (Phi) is 3.49. The topological polar surface area (TPSA) is 60.0 Å². The summed E-state index contributed by atoms with van der Waals surface area (Å²) in [5, 5.41) is 3.08. The summed E-state index contributed by atoms with van der Waals surface area (Å²) in [6, 6.07) is 12.8. The van der Waals surface area contributed by atoms with Gasteiger partial charge in [0.2, 0.25) is 0 Å².